The van der Waals surface area contributed by atoms with Crippen LogP contribution in [0.3, 0.4) is 0 Å². The van der Waals surface area contributed by atoms with Crippen molar-refractivity contribution in [2.75, 3.05) is 26.9 Å². The molecule has 4 atom stereocenters. The van der Waals surface area contributed by atoms with Crippen molar-refractivity contribution in [2.24, 2.45) is 0 Å². The molecule has 1 aliphatic heterocycles. The van der Waals surface area contributed by atoms with Crippen molar-refractivity contribution in [3.8, 4) is 11.5 Å². The van der Waals surface area contributed by atoms with Gasteiger partial charge in [0.2, 0.25) is 0 Å². The van der Waals surface area contributed by atoms with E-state index in [9.17, 15) is 15.3 Å². The molecule has 0 bridgehead atoms. The first kappa shape index (κ1) is 21.8. The van der Waals surface area contributed by atoms with Crippen molar-refractivity contribution >= 4 is 31.9 Å². The predicted molar refractivity (Wildman–Crippen MR) is 98.1 cm³/mol. The molecule has 1 aliphatic rings. The van der Waals surface area contributed by atoms with Crippen molar-refractivity contribution in [3.63, 3.8) is 0 Å². The van der Waals surface area contributed by atoms with E-state index in [0.717, 1.165) is 0 Å². The Kier molecular flexibility index (Phi) is 8.55. The fraction of sp³-hybridized carbons (Fsp3) is 0.625. The summed E-state index contributed by atoms with van der Waals surface area (Å²) in [7, 11) is 1.51. The molecule has 148 valence electrons. The van der Waals surface area contributed by atoms with Crippen LogP contribution in [0.5, 0.6) is 11.5 Å². The number of aliphatic hydroxyl groups is 4. The molecule has 0 saturated carbocycles. The summed E-state index contributed by atoms with van der Waals surface area (Å²) in [6, 6.07) is 1.68. The number of methoxy groups -OCH3 is 1. The second kappa shape index (κ2) is 10.2. The van der Waals surface area contributed by atoms with E-state index in [-0.39, 0.29) is 13.2 Å². The van der Waals surface area contributed by atoms with E-state index in [4.69, 9.17) is 24.1 Å². The van der Waals surface area contributed by atoms with Crippen LogP contribution in [0, 0.1) is 0 Å². The normalized spacial score (nSPS) is 25.5. The maximum Gasteiger partial charge on any atom is 0.186 e. The van der Waals surface area contributed by atoms with Crippen LogP contribution in [0.15, 0.2) is 15.0 Å². The highest BCUT2D eigenvalue weighted by Crippen LogP contribution is 2.42. The number of aliphatic hydroxyl groups excluding tert-OH is 4. The Morgan fingerprint density at radius 3 is 2.42 bits per heavy atom. The summed E-state index contributed by atoms with van der Waals surface area (Å²) in [4.78, 5) is 0. The van der Waals surface area contributed by atoms with Crippen LogP contribution in [-0.4, -0.2) is 72.0 Å². The summed E-state index contributed by atoms with van der Waals surface area (Å²) in [6.45, 7) is -0.0150. The molecule has 1 aromatic rings. The Hall–Kier alpha value is -0.460. The first-order chi connectivity index (χ1) is 12.4. The summed E-state index contributed by atoms with van der Waals surface area (Å²) in [5, 5.41) is 37.8. The van der Waals surface area contributed by atoms with E-state index in [0.29, 0.717) is 39.0 Å². The molecule has 4 N–H and O–H groups in total. The van der Waals surface area contributed by atoms with E-state index in [1.807, 2.05) is 0 Å². The fourth-order valence-electron chi connectivity index (χ4n) is 2.47. The molecule has 0 radical (unpaired) electrons. The molecule has 2 rings (SSSR count). The number of halogens is 2. The minimum atomic E-state index is -1.20. The molecule has 0 aromatic heterocycles. The van der Waals surface area contributed by atoms with Crippen LogP contribution in [0.2, 0.25) is 0 Å². The molecule has 1 saturated heterocycles. The van der Waals surface area contributed by atoms with Crippen LogP contribution >= 0.6 is 31.9 Å². The first-order valence-electron chi connectivity index (χ1n) is 7.97. The third-order valence-electron chi connectivity index (χ3n) is 3.91. The number of benzene rings is 1. The average Bonchev–Trinajstić information content (AvgIpc) is 2.92. The topological polar surface area (TPSA) is 118 Å². The van der Waals surface area contributed by atoms with E-state index >= 15 is 0 Å². The lowest BCUT2D eigenvalue weighted by Gasteiger charge is -2.17. The molecular weight excluding hydrogens is 480 g/mol. The van der Waals surface area contributed by atoms with Crippen molar-refractivity contribution in [1.29, 1.82) is 0 Å². The summed E-state index contributed by atoms with van der Waals surface area (Å²) < 4.78 is 23.0. The van der Waals surface area contributed by atoms with Gasteiger partial charge in [0.25, 0.3) is 0 Å². The van der Waals surface area contributed by atoms with E-state index < -0.39 is 31.2 Å². The first-order valence-corrected chi connectivity index (χ1v) is 9.55. The Morgan fingerprint density at radius 2 is 1.85 bits per heavy atom. The maximum absolute atomic E-state index is 9.79. The SMILES string of the molecule is COc1cc(CO)c(Br)c(Br)c1OCCCO[C@@H]1O[C@H](CO)[C@@H](O)[C@H]1O. The second-order valence-electron chi connectivity index (χ2n) is 5.63. The van der Waals surface area contributed by atoms with Crippen LogP contribution < -0.4 is 9.47 Å². The lowest BCUT2D eigenvalue weighted by atomic mass is 10.1. The Labute approximate surface area is 167 Å². The lowest BCUT2D eigenvalue weighted by Crippen LogP contribution is -2.34. The van der Waals surface area contributed by atoms with Gasteiger partial charge in [-0.05, 0) is 43.5 Å². The van der Waals surface area contributed by atoms with Crippen LogP contribution in [0.1, 0.15) is 12.0 Å². The molecule has 1 fully saturated rings. The van der Waals surface area contributed by atoms with Gasteiger partial charge in [-0.3, -0.25) is 0 Å². The Balaban J connectivity index is 1.84. The molecule has 0 aliphatic carbocycles. The minimum Gasteiger partial charge on any atom is -0.493 e. The molecule has 10 heteroatoms. The summed E-state index contributed by atoms with van der Waals surface area (Å²) in [5.41, 5.74) is 0.661. The summed E-state index contributed by atoms with van der Waals surface area (Å²) in [6.07, 6.45) is -3.73. The van der Waals surface area contributed by atoms with Gasteiger partial charge in [-0.1, -0.05) is 0 Å². The molecular formula is C16H22Br2O8. The van der Waals surface area contributed by atoms with Crippen LogP contribution in [0.4, 0.5) is 0 Å². The summed E-state index contributed by atoms with van der Waals surface area (Å²) >= 11 is 6.81. The van der Waals surface area contributed by atoms with Gasteiger partial charge in [-0.2, -0.15) is 0 Å². The van der Waals surface area contributed by atoms with Gasteiger partial charge in [0.05, 0.1) is 38.0 Å². The highest BCUT2D eigenvalue weighted by atomic mass is 79.9. The largest absolute Gasteiger partial charge is 0.493 e. The number of ether oxygens (including phenoxy) is 4. The molecule has 0 amide bonds. The third kappa shape index (κ3) is 4.87. The monoisotopic (exact) mass is 500 g/mol. The zero-order valence-corrected chi connectivity index (χ0v) is 17.3. The Morgan fingerprint density at radius 1 is 1.12 bits per heavy atom. The van der Waals surface area contributed by atoms with Gasteiger partial charge < -0.3 is 39.4 Å². The maximum atomic E-state index is 9.79. The highest BCUT2D eigenvalue weighted by molar-refractivity contribution is 9.13. The van der Waals surface area contributed by atoms with Crippen molar-refractivity contribution in [3.05, 3.63) is 20.6 Å². The van der Waals surface area contributed by atoms with Crippen LogP contribution in [-0.2, 0) is 16.1 Å². The van der Waals surface area contributed by atoms with Gasteiger partial charge >= 0.3 is 0 Å². The van der Waals surface area contributed by atoms with Gasteiger partial charge in [-0.25, -0.2) is 0 Å². The molecule has 8 nitrogen and oxygen atoms in total. The highest BCUT2D eigenvalue weighted by Gasteiger charge is 2.42. The van der Waals surface area contributed by atoms with E-state index in [2.05, 4.69) is 31.9 Å². The minimum absolute atomic E-state index is 0.145. The Bertz CT molecular complexity index is 600. The lowest BCUT2D eigenvalue weighted by molar-refractivity contribution is -0.170. The van der Waals surface area contributed by atoms with Crippen molar-refractivity contribution in [1.82, 2.24) is 0 Å². The van der Waals surface area contributed by atoms with Gasteiger partial charge in [0, 0.05) is 10.9 Å². The molecule has 0 unspecified atom stereocenters. The molecule has 26 heavy (non-hydrogen) atoms. The van der Waals surface area contributed by atoms with E-state index in [1.54, 1.807) is 6.07 Å². The summed E-state index contributed by atoms with van der Waals surface area (Å²) in [5.74, 6) is 0.970. The van der Waals surface area contributed by atoms with Crippen LogP contribution in [0.25, 0.3) is 0 Å². The number of hydrogen-bond donors (Lipinski definition) is 4. The van der Waals surface area contributed by atoms with E-state index in [1.165, 1.54) is 7.11 Å². The smallest absolute Gasteiger partial charge is 0.186 e. The van der Waals surface area contributed by atoms with Crippen molar-refractivity contribution < 1.29 is 39.4 Å². The molecule has 1 aromatic carbocycles. The molecule has 0 spiro atoms. The van der Waals surface area contributed by atoms with Gasteiger partial charge in [-0.15, -0.1) is 0 Å². The third-order valence-corrected chi connectivity index (χ3v) is 6.10. The van der Waals surface area contributed by atoms with Crippen molar-refractivity contribution in [2.45, 2.75) is 37.6 Å². The predicted octanol–water partition coefficient (Wildman–Crippen LogP) is 0.937. The number of hydrogen-bond acceptors (Lipinski definition) is 8. The standard InChI is InChI=1S/C16H22Br2O8/c1-23-9-5-8(6-19)11(17)12(18)15(9)24-3-2-4-25-16-14(22)13(21)10(7-20)26-16/h5,10,13-14,16,19-22H,2-4,6-7H2,1H3/t10-,13-,14-,16-/m1/s1. The average molecular weight is 502 g/mol. The van der Waals surface area contributed by atoms with Gasteiger partial charge in [0.1, 0.15) is 18.3 Å². The van der Waals surface area contributed by atoms with Gasteiger partial charge in [0.15, 0.2) is 17.8 Å². The number of rotatable bonds is 9. The second-order valence-corrected chi connectivity index (χ2v) is 7.22. The quantitative estimate of drug-likeness (QED) is 0.369. The zero-order valence-electron chi connectivity index (χ0n) is 14.1. The molecule has 1 heterocycles. The zero-order chi connectivity index (χ0) is 19.3. The fourth-order valence-corrected chi connectivity index (χ4v) is 3.46.